The number of amides is 1. The smallest absolute Gasteiger partial charge is 0.221 e. The molecule has 1 atom stereocenters. The molecule has 0 aliphatic carbocycles. The molecule has 3 heterocycles. The van der Waals surface area contributed by atoms with E-state index in [4.69, 9.17) is 16.0 Å². The number of furan rings is 1. The molecule has 170 valence electrons. The van der Waals surface area contributed by atoms with Crippen LogP contribution in [0.2, 0.25) is 5.15 Å². The van der Waals surface area contributed by atoms with Crippen LogP contribution in [0, 0.1) is 0 Å². The molecule has 5 aromatic rings. The number of para-hydroxylation sites is 1. The van der Waals surface area contributed by atoms with Crippen LogP contribution in [0.15, 0.2) is 102 Å². The lowest BCUT2D eigenvalue weighted by atomic mass is 9.89. The van der Waals surface area contributed by atoms with Gasteiger partial charge in [-0.05, 0) is 41.0 Å². The van der Waals surface area contributed by atoms with Gasteiger partial charge in [0.25, 0.3) is 0 Å². The van der Waals surface area contributed by atoms with Gasteiger partial charge < -0.3 is 14.3 Å². The molecule has 0 saturated heterocycles. The number of nitrogens with zero attached hydrogens (tertiary/aromatic N) is 2. The molecule has 0 saturated carbocycles. The van der Waals surface area contributed by atoms with Crippen molar-refractivity contribution in [1.29, 1.82) is 0 Å². The number of carbonyl (C=O) groups excluding carboxylic acids is 1. The van der Waals surface area contributed by atoms with Gasteiger partial charge in [0.1, 0.15) is 10.9 Å². The Morgan fingerprint density at radius 1 is 1.00 bits per heavy atom. The van der Waals surface area contributed by atoms with Crippen LogP contribution in [-0.2, 0) is 17.9 Å². The molecule has 0 bridgehead atoms. The van der Waals surface area contributed by atoms with E-state index in [1.807, 2.05) is 48.5 Å². The maximum absolute atomic E-state index is 13.0. The molecule has 5 nitrogen and oxygen atoms in total. The van der Waals surface area contributed by atoms with E-state index in [1.54, 1.807) is 18.5 Å². The number of aromatic nitrogens is 2. The van der Waals surface area contributed by atoms with Gasteiger partial charge in [0.2, 0.25) is 5.91 Å². The number of hydrogen-bond acceptors (Lipinski definition) is 3. The number of carbonyl (C=O) groups is 1. The molecule has 0 radical (unpaired) electrons. The highest BCUT2D eigenvalue weighted by atomic mass is 35.5. The lowest BCUT2D eigenvalue weighted by Crippen LogP contribution is -2.24. The maximum Gasteiger partial charge on any atom is 0.221 e. The summed E-state index contributed by atoms with van der Waals surface area (Å²) in [5.41, 5.74) is 4.38. The van der Waals surface area contributed by atoms with Crippen molar-refractivity contribution in [2.24, 2.45) is 0 Å². The van der Waals surface area contributed by atoms with Gasteiger partial charge in [0.05, 0.1) is 12.8 Å². The van der Waals surface area contributed by atoms with Crippen molar-refractivity contribution in [2.75, 3.05) is 0 Å². The van der Waals surface area contributed by atoms with Crippen molar-refractivity contribution < 1.29 is 9.21 Å². The lowest BCUT2D eigenvalue weighted by Gasteiger charge is -2.17. The zero-order valence-electron chi connectivity index (χ0n) is 18.5. The Bertz CT molecular complexity index is 1380. The third-order valence-corrected chi connectivity index (χ3v) is 6.20. The first kappa shape index (κ1) is 22.0. The lowest BCUT2D eigenvalue weighted by molar-refractivity contribution is -0.121. The first-order valence-corrected chi connectivity index (χ1v) is 11.6. The van der Waals surface area contributed by atoms with E-state index in [-0.39, 0.29) is 18.2 Å². The van der Waals surface area contributed by atoms with Gasteiger partial charge >= 0.3 is 0 Å². The van der Waals surface area contributed by atoms with Crippen molar-refractivity contribution in [1.82, 2.24) is 14.9 Å². The predicted molar refractivity (Wildman–Crippen MR) is 134 cm³/mol. The number of halogens is 1. The fourth-order valence-electron chi connectivity index (χ4n) is 4.32. The fraction of sp³-hybridized carbons (Fsp3) is 0.143. The number of nitrogens with one attached hydrogen (secondary N) is 1. The van der Waals surface area contributed by atoms with Crippen LogP contribution in [-0.4, -0.2) is 15.5 Å². The molecule has 2 aromatic carbocycles. The third kappa shape index (κ3) is 4.90. The minimum Gasteiger partial charge on any atom is -0.467 e. The van der Waals surface area contributed by atoms with Gasteiger partial charge in [-0.25, -0.2) is 4.98 Å². The molecule has 0 fully saturated rings. The summed E-state index contributed by atoms with van der Waals surface area (Å²) >= 11 is 6.06. The first-order chi connectivity index (χ1) is 16.7. The van der Waals surface area contributed by atoms with E-state index < -0.39 is 0 Å². The molecule has 1 amide bonds. The first-order valence-electron chi connectivity index (χ1n) is 11.2. The van der Waals surface area contributed by atoms with Gasteiger partial charge in [-0.2, -0.15) is 0 Å². The largest absolute Gasteiger partial charge is 0.467 e. The quantitative estimate of drug-likeness (QED) is 0.276. The summed E-state index contributed by atoms with van der Waals surface area (Å²) in [6.07, 6.45) is 5.81. The molecule has 5 rings (SSSR count). The van der Waals surface area contributed by atoms with Gasteiger partial charge in [0, 0.05) is 42.2 Å². The van der Waals surface area contributed by atoms with Crippen LogP contribution < -0.4 is 5.32 Å². The standard InChI is InChI=1S/C28H24ClN3O2/c29-27-13-12-21(16-30-27)24(15-28(33)31-17-22-9-6-14-34-22)25-19-32(18-20-7-2-1-3-8-20)26-11-5-4-10-23(25)26/h1-14,16,19,24H,15,17-18H2,(H,31,33)/t24-/m1/s1. The summed E-state index contributed by atoms with van der Waals surface area (Å²) in [6.45, 7) is 1.10. The summed E-state index contributed by atoms with van der Waals surface area (Å²) in [5, 5.41) is 4.52. The van der Waals surface area contributed by atoms with Crippen LogP contribution in [0.5, 0.6) is 0 Å². The minimum absolute atomic E-state index is 0.0590. The van der Waals surface area contributed by atoms with E-state index in [0.29, 0.717) is 11.7 Å². The topological polar surface area (TPSA) is 60.1 Å². The number of fused-ring (bicyclic) bond motifs is 1. The van der Waals surface area contributed by atoms with Crippen molar-refractivity contribution in [3.05, 3.63) is 125 Å². The van der Waals surface area contributed by atoms with Crippen LogP contribution in [0.4, 0.5) is 0 Å². The van der Waals surface area contributed by atoms with Crippen LogP contribution >= 0.6 is 11.6 Å². The highest BCUT2D eigenvalue weighted by Crippen LogP contribution is 2.35. The van der Waals surface area contributed by atoms with E-state index in [1.165, 1.54) is 5.56 Å². The Labute approximate surface area is 203 Å². The zero-order chi connectivity index (χ0) is 23.3. The van der Waals surface area contributed by atoms with Gasteiger partial charge in [-0.1, -0.05) is 66.2 Å². The SMILES string of the molecule is O=C(C[C@H](c1ccc(Cl)nc1)c1cn(Cc2ccccc2)c2ccccc12)NCc1ccco1. The number of rotatable bonds is 8. The Kier molecular flexibility index (Phi) is 6.45. The fourth-order valence-corrected chi connectivity index (χ4v) is 4.43. The Morgan fingerprint density at radius 3 is 2.59 bits per heavy atom. The summed E-state index contributed by atoms with van der Waals surface area (Å²) < 4.78 is 7.59. The molecule has 3 aromatic heterocycles. The molecule has 0 aliphatic heterocycles. The van der Waals surface area contributed by atoms with Crippen LogP contribution in [0.3, 0.4) is 0 Å². The Balaban J connectivity index is 1.50. The van der Waals surface area contributed by atoms with E-state index in [2.05, 4.69) is 45.3 Å². The zero-order valence-corrected chi connectivity index (χ0v) is 19.3. The maximum atomic E-state index is 13.0. The third-order valence-electron chi connectivity index (χ3n) is 5.97. The van der Waals surface area contributed by atoms with Gasteiger partial charge in [0.15, 0.2) is 0 Å². The Hall–Kier alpha value is -3.83. The van der Waals surface area contributed by atoms with Crippen molar-refractivity contribution in [3.63, 3.8) is 0 Å². The predicted octanol–water partition coefficient (Wildman–Crippen LogP) is 6.17. The average molecular weight is 470 g/mol. The summed E-state index contributed by atoms with van der Waals surface area (Å²) in [4.78, 5) is 17.3. The van der Waals surface area contributed by atoms with E-state index >= 15 is 0 Å². The second-order valence-electron chi connectivity index (χ2n) is 8.24. The summed E-state index contributed by atoms with van der Waals surface area (Å²) in [7, 11) is 0. The molecule has 0 aliphatic rings. The van der Waals surface area contributed by atoms with Crippen LogP contribution in [0.1, 0.15) is 34.8 Å². The molecule has 6 heteroatoms. The van der Waals surface area contributed by atoms with E-state index in [9.17, 15) is 4.79 Å². The van der Waals surface area contributed by atoms with Crippen molar-refractivity contribution in [2.45, 2.75) is 25.4 Å². The van der Waals surface area contributed by atoms with Crippen molar-refractivity contribution in [3.8, 4) is 0 Å². The summed E-state index contributed by atoms with van der Waals surface area (Å²) in [5.74, 6) is 0.483. The average Bonchev–Trinajstić information content (AvgIpc) is 3.51. The molecule has 34 heavy (non-hydrogen) atoms. The highest BCUT2D eigenvalue weighted by Gasteiger charge is 2.23. The normalized spacial score (nSPS) is 12.0. The molecule has 0 unspecified atom stereocenters. The summed E-state index contributed by atoms with van der Waals surface area (Å²) in [6, 6.07) is 26.1. The molecule has 1 N–H and O–H groups in total. The van der Waals surface area contributed by atoms with Crippen LogP contribution in [0.25, 0.3) is 10.9 Å². The number of pyridine rings is 1. The minimum atomic E-state index is -0.178. The van der Waals surface area contributed by atoms with Gasteiger partial charge in [-0.3, -0.25) is 4.79 Å². The van der Waals surface area contributed by atoms with Crippen molar-refractivity contribution >= 4 is 28.4 Å². The molecular formula is C28H24ClN3O2. The second-order valence-corrected chi connectivity index (χ2v) is 8.63. The van der Waals surface area contributed by atoms with E-state index in [0.717, 1.165) is 34.3 Å². The number of benzene rings is 2. The monoisotopic (exact) mass is 469 g/mol. The van der Waals surface area contributed by atoms with Gasteiger partial charge in [-0.15, -0.1) is 0 Å². The molecular weight excluding hydrogens is 446 g/mol. The highest BCUT2D eigenvalue weighted by molar-refractivity contribution is 6.29. The second kappa shape index (κ2) is 9.98. The number of hydrogen-bond donors (Lipinski definition) is 1. The Morgan fingerprint density at radius 2 is 1.82 bits per heavy atom. The molecule has 0 spiro atoms.